The second-order valence-electron chi connectivity index (χ2n) is 8.15. The van der Waals surface area contributed by atoms with Crippen molar-refractivity contribution in [1.29, 1.82) is 0 Å². The van der Waals surface area contributed by atoms with Crippen LogP contribution in [-0.2, 0) is 17.5 Å². The first-order valence-corrected chi connectivity index (χ1v) is 11.1. The highest BCUT2D eigenvalue weighted by molar-refractivity contribution is 6.31. The van der Waals surface area contributed by atoms with Crippen LogP contribution in [0.2, 0.25) is 5.02 Å². The van der Waals surface area contributed by atoms with E-state index in [9.17, 15) is 18.0 Å². The lowest BCUT2D eigenvalue weighted by atomic mass is 10.1. The topological polar surface area (TPSA) is 74.5 Å². The van der Waals surface area contributed by atoms with E-state index in [1.165, 1.54) is 12.1 Å². The molecule has 0 unspecified atom stereocenters. The zero-order valence-electron chi connectivity index (χ0n) is 18.4. The van der Waals surface area contributed by atoms with Gasteiger partial charge in [0.25, 0.3) is 0 Å². The molecular weight excluding hydrogens is 471 g/mol. The molecule has 11 heteroatoms. The van der Waals surface area contributed by atoms with Crippen molar-refractivity contribution < 1.29 is 22.5 Å². The third kappa shape index (κ3) is 6.13. The standard InChI is InChI=1S/C23H23ClF3N5O2/c1-15-5-6-18(24)12-19(15)28-20(33)13-31-7-9-32(10-8-31)14-21-29-22(30-34-21)16-3-2-4-17(11-16)23(25,26)27/h2-6,11-12H,7-10,13-14H2,1H3,(H,28,33). The maximum Gasteiger partial charge on any atom is 0.416 e. The number of nitrogens with zero attached hydrogens (tertiary/aromatic N) is 4. The molecule has 1 aliphatic heterocycles. The molecule has 0 bridgehead atoms. The molecule has 2 aromatic carbocycles. The minimum atomic E-state index is -4.44. The second-order valence-corrected chi connectivity index (χ2v) is 8.59. The van der Waals surface area contributed by atoms with Crippen molar-refractivity contribution in [2.75, 3.05) is 38.0 Å². The van der Waals surface area contributed by atoms with Crippen molar-refractivity contribution >= 4 is 23.2 Å². The molecule has 0 saturated carbocycles. The Hall–Kier alpha value is -2.95. The van der Waals surface area contributed by atoms with Gasteiger partial charge >= 0.3 is 6.18 Å². The Labute approximate surface area is 199 Å². The Morgan fingerprint density at radius 3 is 2.59 bits per heavy atom. The lowest BCUT2D eigenvalue weighted by Crippen LogP contribution is -2.48. The monoisotopic (exact) mass is 493 g/mol. The van der Waals surface area contributed by atoms with Crippen molar-refractivity contribution in [3.8, 4) is 11.4 Å². The first-order valence-electron chi connectivity index (χ1n) is 10.7. The molecule has 0 aliphatic carbocycles. The van der Waals surface area contributed by atoms with Gasteiger partial charge in [0, 0.05) is 42.5 Å². The van der Waals surface area contributed by atoms with Crippen LogP contribution in [0.25, 0.3) is 11.4 Å². The van der Waals surface area contributed by atoms with Crippen molar-refractivity contribution in [1.82, 2.24) is 19.9 Å². The number of aromatic nitrogens is 2. The Morgan fingerprint density at radius 1 is 1.12 bits per heavy atom. The van der Waals surface area contributed by atoms with E-state index in [0.717, 1.165) is 17.7 Å². The van der Waals surface area contributed by atoms with Crippen LogP contribution in [0.5, 0.6) is 0 Å². The zero-order chi connectivity index (χ0) is 24.3. The van der Waals surface area contributed by atoms with Gasteiger partial charge in [0.2, 0.25) is 17.6 Å². The molecule has 3 aromatic rings. The quantitative estimate of drug-likeness (QED) is 0.546. The number of aryl methyl sites for hydroxylation is 1. The van der Waals surface area contributed by atoms with Crippen molar-refractivity contribution in [2.24, 2.45) is 0 Å². The Bertz CT molecular complexity index is 1160. The minimum absolute atomic E-state index is 0.110. The molecule has 1 aromatic heterocycles. The molecule has 4 rings (SSSR count). The predicted molar refractivity (Wildman–Crippen MR) is 121 cm³/mol. The first-order chi connectivity index (χ1) is 16.2. The van der Waals surface area contributed by atoms with Gasteiger partial charge < -0.3 is 9.84 Å². The van der Waals surface area contributed by atoms with E-state index >= 15 is 0 Å². The summed E-state index contributed by atoms with van der Waals surface area (Å²) in [5.74, 6) is 0.337. The van der Waals surface area contributed by atoms with Gasteiger partial charge in [0.1, 0.15) is 0 Å². The molecule has 0 radical (unpaired) electrons. The molecule has 34 heavy (non-hydrogen) atoms. The first kappa shape index (κ1) is 24.2. The molecule has 0 spiro atoms. The number of carbonyl (C=O) groups is 1. The predicted octanol–water partition coefficient (Wildman–Crippen LogP) is 4.47. The second kappa shape index (κ2) is 10.1. The maximum atomic E-state index is 12.9. The number of amides is 1. The maximum absolute atomic E-state index is 12.9. The molecule has 1 aliphatic rings. The third-order valence-corrected chi connectivity index (χ3v) is 5.82. The summed E-state index contributed by atoms with van der Waals surface area (Å²) in [6.07, 6.45) is -4.44. The van der Waals surface area contributed by atoms with Gasteiger partial charge in [-0.2, -0.15) is 18.2 Å². The number of halogens is 4. The van der Waals surface area contributed by atoms with Crippen molar-refractivity contribution in [3.63, 3.8) is 0 Å². The van der Waals surface area contributed by atoms with Crippen LogP contribution in [0.4, 0.5) is 18.9 Å². The summed E-state index contributed by atoms with van der Waals surface area (Å²) >= 11 is 6.01. The van der Waals surface area contributed by atoms with Crippen molar-refractivity contribution in [3.05, 3.63) is 64.5 Å². The number of anilines is 1. The molecule has 1 saturated heterocycles. The average molecular weight is 494 g/mol. The number of benzene rings is 2. The summed E-state index contributed by atoms with van der Waals surface area (Å²) in [5.41, 5.74) is 1.12. The number of hydrogen-bond donors (Lipinski definition) is 1. The number of rotatable bonds is 6. The molecule has 2 heterocycles. The Morgan fingerprint density at radius 2 is 1.85 bits per heavy atom. The molecule has 1 N–H and O–H groups in total. The highest BCUT2D eigenvalue weighted by Gasteiger charge is 2.31. The fourth-order valence-corrected chi connectivity index (χ4v) is 3.86. The van der Waals surface area contributed by atoms with Crippen LogP contribution in [0.3, 0.4) is 0 Å². The summed E-state index contributed by atoms with van der Waals surface area (Å²) in [6.45, 7) is 5.27. The molecule has 0 atom stereocenters. The molecule has 1 fully saturated rings. The fourth-order valence-electron chi connectivity index (χ4n) is 3.69. The van der Waals surface area contributed by atoms with Gasteiger partial charge in [0.05, 0.1) is 18.7 Å². The van der Waals surface area contributed by atoms with E-state index in [1.54, 1.807) is 12.1 Å². The number of carbonyl (C=O) groups excluding carboxylic acids is 1. The van der Waals surface area contributed by atoms with Crippen LogP contribution < -0.4 is 5.32 Å². The highest BCUT2D eigenvalue weighted by Crippen LogP contribution is 2.31. The van der Waals surface area contributed by atoms with Gasteiger partial charge in [-0.15, -0.1) is 0 Å². The van der Waals surface area contributed by atoms with Crippen LogP contribution >= 0.6 is 11.6 Å². The largest absolute Gasteiger partial charge is 0.416 e. The highest BCUT2D eigenvalue weighted by atomic mass is 35.5. The fraction of sp³-hybridized carbons (Fsp3) is 0.348. The van der Waals surface area contributed by atoms with E-state index < -0.39 is 11.7 Å². The van der Waals surface area contributed by atoms with Gasteiger partial charge in [-0.1, -0.05) is 35.0 Å². The van der Waals surface area contributed by atoms with E-state index in [1.807, 2.05) is 17.9 Å². The molecular formula is C23H23ClF3N5O2. The smallest absolute Gasteiger partial charge is 0.338 e. The van der Waals surface area contributed by atoms with Gasteiger partial charge in [-0.3, -0.25) is 14.6 Å². The van der Waals surface area contributed by atoms with E-state index in [-0.39, 0.29) is 23.8 Å². The summed E-state index contributed by atoms with van der Waals surface area (Å²) in [7, 11) is 0. The van der Waals surface area contributed by atoms with Crippen LogP contribution in [-0.4, -0.2) is 58.6 Å². The number of nitrogens with one attached hydrogen (secondary N) is 1. The summed E-state index contributed by atoms with van der Waals surface area (Å²) < 4.78 is 44.1. The zero-order valence-corrected chi connectivity index (χ0v) is 19.2. The number of piperazine rings is 1. The summed E-state index contributed by atoms with van der Waals surface area (Å²) in [5, 5.41) is 7.29. The average Bonchev–Trinajstić information content (AvgIpc) is 3.26. The molecule has 7 nitrogen and oxygen atoms in total. The number of alkyl halides is 3. The lowest BCUT2D eigenvalue weighted by Gasteiger charge is -2.33. The Balaban J connectivity index is 1.27. The summed E-state index contributed by atoms with van der Waals surface area (Å²) in [6, 6.07) is 10.2. The van der Waals surface area contributed by atoms with Crippen molar-refractivity contribution in [2.45, 2.75) is 19.6 Å². The molecule has 1 amide bonds. The normalized spacial score (nSPS) is 15.4. The SMILES string of the molecule is Cc1ccc(Cl)cc1NC(=O)CN1CCN(Cc2nc(-c3cccc(C(F)(F)F)c3)no2)CC1. The summed E-state index contributed by atoms with van der Waals surface area (Å²) in [4.78, 5) is 20.8. The van der Waals surface area contributed by atoms with E-state index in [0.29, 0.717) is 49.3 Å². The van der Waals surface area contributed by atoms with Gasteiger partial charge in [-0.05, 0) is 36.8 Å². The minimum Gasteiger partial charge on any atom is -0.338 e. The lowest BCUT2D eigenvalue weighted by molar-refractivity contribution is -0.137. The third-order valence-electron chi connectivity index (χ3n) is 5.58. The van der Waals surface area contributed by atoms with Crippen LogP contribution in [0.15, 0.2) is 47.0 Å². The van der Waals surface area contributed by atoms with Crippen LogP contribution in [0, 0.1) is 6.92 Å². The van der Waals surface area contributed by atoms with Crippen LogP contribution in [0.1, 0.15) is 17.0 Å². The van der Waals surface area contributed by atoms with Gasteiger partial charge in [0.15, 0.2) is 0 Å². The number of hydrogen-bond acceptors (Lipinski definition) is 6. The van der Waals surface area contributed by atoms with Gasteiger partial charge in [-0.25, -0.2) is 0 Å². The van der Waals surface area contributed by atoms with E-state index in [4.69, 9.17) is 16.1 Å². The van der Waals surface area contributed by atoms with E-state index in [2.05, 4.69) is 20.4 Å². The Kier molecular flexibility index (Phi) is 7.20. The molecule has 180 valence electrons.